The first kappa shape index (κ1) is 25.1. The molecule has 36 heavy (non-hydrogen) atoms. The molecule has 1 saturated heterocycles. The Bertz CT molecular complexity index is 1300. The molecule has 4 rings (SSSR count). The van der Waals surface area contributed by atoms with Crippen molar-refractivity contribution in [2.24, 2.45) is 0 Å². The number of nitrogens with two attached hydrogens (primary N) is 1. The van der Waals surface area contributed by atoms with Crippen molar-refractivity contribution in [1.29, 1.82) is 0 Å². The largest absolute Gasteiger partial charge is 0.396 e. The van der Waals surface area contributed by atoms with E-state index in [1.165, 1.54) is 30.5 Å². The van der Waals surface area contributed by atoms with Crippen molar-refractivity contribution in [3.8, 4) is 11.8 Å². The van der Waals surface area contributed by atoms with E-state index in [1.54, 1.807) is 6.07 Å². The van der Waals surface area contributed by atoms with E-state index in [0.717, 1.165) is 25.0 Å². The average molecular weight is 498 g/mol. The minimum Gasteiger partial charge on any atom is -0.396 e. The SMILES string of the molecule is Nc1c(C2CCCO2)cc(F)nc1C#Cc1ccnc(NC(=O)C(CC(F)F)c2ccc(F)cc2)c1. The van der Waals surface area contributed by atoms with Gasteiger partial charge in [0.15, 0.2) is 0 Å². The van der Waals surface area contributed by atoms with Crippen LogP contribution in [0.25, 0.3) is 0 Å². The van der Waals surface area contributed by atoms with E-state index in [2.05, 4.69) is 27.1 Å². The summed E-state index contributed by atoms with van der Waals surface area (Å²) in [5.74, 6) is 2.41. The molecule has 1 amide bonds. The second kappa shape index (κ2) is 11.2. The number of carbonyl (C=O) groups is 1. The third-order valence-electron chi connectivity index (χ3n) is 5.68. The van der Waals surface area contributed by atoms with Crippen LogP contribution >= 0.6 is 0 Å². The van der Waals surface area contributed by atoms with Gasteiger partial charge in [-0.2, -0.15) is 4.39 Å². The van der Waals surface area contributed by atoms with Gasteiger partial charge in [0.2, 0.25) is 18.3 Å². The van der Waals surface area contributed by atoms with Crippen LogP contribution in [0, 0.1) is 23.6 Å². The molecule has 0 aliphatic carbocycles. The van der Waals surface area contributed by atoms with Gasteiger partial charge in [-0.1, -0.05) is 18.1 Å². The topological polar surface area (TPSA) is 90.1 Å². The molecule has 0 bridgehead atoms. The third-order valence-corrected chi connectivity index (χ3v) is 5.68. The monoisotopic (exact) mass is 498 g/mol. The summed E-state index contributed by atoms with van der Waals surface area (Å²) in [5, 5.41) is 2.50. The number of pyridine rings is 2. The van der Waals surface area contributed by atoms with Crippen LogP contribution in [-0.4, -0.2) is 28.9 Å². The van der Waals surface area contributed by atoms with E-state index in [4.69, 9.17) is 10.5 Å². The fourth-order valence-corrected chi connectivity index (χ4v) is 3.92. The van der Waals surface area contributed by atoms with Gasteiger partial charge in [-0.05, 0) is 48.6 Å². The Morgan fingerprint density at radius 3 is 2.64 bits per heavy atom. The molecular weight excluding hydrogens is 476 g/mol. The molecule has 0 spiro atoms. The van der Waals surface area contributed by atoms with Crippen LogP contribution in [0.1, 0.15) is 53.7 Å². The molecule has 3 aromatic rings. The summed E-state index contributed by atoms with van der Waals surface area (Å²) >= 11 is 0. The highest BCUT2D eigenvalue weighted by Crippen LogP contribution is 2.33. The van der Waals surface area contributed by atoms with Crippen LogP contribution in [-0.2, 0) is 9.53 Å². The lowest BCUT2D eigenvalue weighted by Gasteiger charge is -2.16. The number of anilines is 2. The van der Waals surface area contributed by atoms with Crippen molar-refractivity contribution in [2.45, 2.75) is 37.7 Å². The normalized spacial score (nSPS) is 15.9. The highest BCUT2D eigenvalue weighted by atomic mass is 19.3. The van der Waals surface area contributed by atoms with E-state index in [9.17, 15) is 22.4 Å². The minimum atomic E-state index is -2.75. The van der Waals surface area contributed by atoms with Crippen LogP contribution in [0.2, 0.25) is 0 Å². The van der Waals surface area contributed by atoms with Gasteiger partial charge in [0, 0.05) is 36.4 Å². The van der Waals surface area contributed by atoms with E-state index < -0.39 is 36.4 Å². The summed E-state index contributed by atoms with van der Waals surface area (Å²) in [6, 6.07) is 9.02. The van der Waals surface area contributed by atoms with E-state index in [-0.39, 0.29) is 28.9 Å². The Hall–Kier alpha value is -3.97. The molecule has 2 atom stereocenters. The van der Waals surface area contributed by atoms with Crippen LogP contribution in [0.5, 0.6) is 0 Å². The molecule has 3 heterocycles. The quantitative estimate of drug-likeness (QED) is 0.285. The molecule has 10 heteroatoms. The molecule has 2 unspecified atom stereocenters. The van der Waals surface area contributed by atoms with E-state index in [1.807, 2.05) is 0 Å². The van der Waals surface area contributed by atoms with Crippen LogP contribution < -0.4 is 11.1 Å². The second-order valence-electron chi connectivity index (χ2n) is 8.20. The maximum absolute atomic E-state index is 14.1. The number of amides is 1. The number of halogens is 4. The predicted octanol–water partition coefficient (Wildman–Crippen LogP) is 4.97. The number of rotatable bonds is 6. The predicted molar refractivity (Wildman–Crippen MR) is 125 cm³/mol. The maximum atomic E-state index is 14.1. The highest BCUT2D eigenvalue weighted by Gasteiger charge is 2.25. The maximum Gasteiger partial charge on any atom is 0.239 e. The number of nitrogen functional groups attached to an aromatic ring is 1. The fourth-order valence-electron chi connectivity index (χ4n) is 3.92. The molecule has 3 N–H and O–H groups in total. The molecule has 1 fully saturated rings. The molecule has 1 aliphatic rings. The fraction of sp³-hybridized carbons (Fsp3) is 0.269. The number of nitrogens with zero attached hydrogens (tertiary/aromatic N) is 2. The van der Waals surface area contributed by atoms with Crippen molar-refractivity contribution in [2.75, 3.05) is 17.7 Å². The zero-order chi connectivity index (χ0) is 25.7. The number of hydrogen-bond donors (Lipinski definition) is 2. The van der Waals surface area contributed by atoms with Gasteiger partial charge in [-0.3, -0.25) is 4.79 Å². The minimum absolute atomic E-state index is 0.0520. The Morgan fingerprint density at radius 1 is 1.17 bits per heavy atom. The zero-order valence-corrected chi connectivity index (χ0v) is 19.0. The molecule has 0 radical (unpaired) electrons. The van der Waals surface area contributed by atoms with Crippen molar-refractivity contribution >= 4 is 17.4 Å². The van der Waals surface area contributed by atoms with Gasteiger partial charge in [-0.25, -0.2) is 23.1 Å². The van der Waals surface area contributed by atoms with Crippen molar-refractivity contribution in [3.63, 3.8) is 0 Å². The molecular formula is C26H22F4N4O2. The summed E-state index contributed by atoms with van der Waals surface area (Å²) in [7, 11) is 0. The molecule has 1 aliphatic heterocycles. The molecule has 186 valence electrons. The van der Waals surface area contributed by atoms with Crippen LogP contribution in [0.3, 0.4) is 0 Å². The Labute approximate surface area is 204 Å². The van der Waals surface area contributed by atoms with Gasteiger partial charge >= 0.3 is 0 Å². The van der Waals surface area contributed by atoms with Gasteiger partial charge < -0.3 is 15.8 Å². The van der Waals surface area contributed by atoms with E-state index in [0.29, 0.717) is 17.7 Å². The van der Waals surface area contributed by atoms with Gasteiger partial charge in [-0.15, -0.1) is 0 Å². The lowest BCUT2D eigenvalue weighted by atomic mass is 9.95. The lowest BCUT2D eigenvalue weighted by Crippen LogP contribution is -2.23. The summed E-state index contributed by atoms with van der Waals surface area (Å²) in [6.07, 6.45) is -0.861. The Morgan fingerprint density at radius 2 is 1.94 bits per heavy atom. The van der Waals surface area contributed by atoms with Crippen molar-refractivity contribution < 1.29 is 27.1 Å². The first-order valence-corrected chi connectivity index (χ1v) is 11.2. The number of benzene rings is 1. The Kier molecular flexibility index (Phi) is 7.80. The zero-order valence-electron chi connectivity index (χ0n) is 19.0. The summed E-state index contributed by atoms with van der Waals surface area (Å²) in [5.41, 5.74) is 7.59. The Balaban J connectivity index is 1.54. The van der Waals surface area contributed by atoms with E-state index >= 15 is 0 Å². The molecule has 1 aromatic carbocycles. The van der Waals surface area contributed by atoms with Crippen LogP contribution in [0.4, 0.5) is 29.1 Å². The molecule has 0 saturated carbocycles. The second-order valence-corrected chi connectivity index (χ2v) is 8.20. The van der Waals surface area contributed by atoms with Crippen molar-refractivity contribution in [3.05, 3.63) is 82.8 Å². The number of ether oxygens (including phenoxy) is 1. The summed E-state index contributed by atoms with van der Waals surface area (Å²) < 4.78 is 59.2. The average Bonchev–Trinajstić information content (AvgIpc) is 3.38. The number of hydrogen-bond acceptors (Lipinski definition) is 5. The van der Waals surface area contributed by atoms with Crippen molar-refractivity contribution in [1.82, 2.24) is 9.97 Å². The molecule has 6 nitrogen and oxygen atoms in total. The summed E-state index contributed by atoms with van der Waals surface area (Å²) in [4.78, 5) is 20.6. The number of carbonyl (C=O) groups excluding carboxylic acids is 1. The van der Waals surface area contributed by atoms with Gasteiger partial charge in [0.1, 0.15) is 17.3 Å². The number of nitrogens with one attached hydrogen (secondary N) is 1. The summed E-state index contributed by atoms with van der Waals surface area (Å²) in [6.45, 7) is 0.569. The lowest BCUT2D eigenvalue weighted by molar-refractivity contribution is -0.118. The third kappa shape index (κ3) is 6.17. The number of aromatic nitrogens is 2. The number of alkyl halides is 2. The molecule has 2 aromatic heterocycles. The van der Waals surface area contributed by atoms with Gasteiger partial charge in [0.25, 0.3) is 0 Å². The van der Waals surface area contributed by atoms with Crippen LogP contribution in [0.15, 0.2) is 48.7 Å². The first-order chi connectivity index (χ1) is 17.3. The smallest absolute Gasteiger partial charge is 0.239 e. The first-order valence-electron chi connectivity index (χ1n) is 11.2. The highest BCUT2D eigenvalue weighted by molar-refractivity contribution is 5.95. The van der Waals surface area contributed by atoms with Gasteiger partial charge in [0.05, 0.1) is 17.7 Å². The standard InChI is InChI=1S/C26H22F4N4O2/c27-17-6-4-16(5-7-17)18(13-22(28)29)26(35)34-24-12-15(9-10-32-24)3-8-20-25(31)19(14-23(30)33-20)21-2-1-11-36-21/h4-7,9-10,12,14,18,21-22H,1-2,11,13,31H2,(H,32,34,35).